The van der Waals surface area contributed by atoms with E-state index in [1.54, 1.807) is 0 Å². The Morgan fingerprint density at radius 2 is 1.53 bits per heavy atom. The standard InChI is InChI=1S/C28H27N5O3/c1-3-34-23-15-14-19(18-24(23)35-4-2)16-17-29-25-21-12-8-9-13-22(21)30-26(31-25)28-33-32-27(36-28)20-10-6-5-7-11-20/h5-15,18H,3-4,16-17H2,1-2H3,(H,29,30,31). The second-order valence-corrected chi connectivity index (χ2v) is 8.02. The van der Waals surface area contributed by atoms with Gasteiger partial charge in [-0.05, 0) is 62.2 Å². The molecular formula is C28H27N5O3. The van der Waals surface area contributed by atoms with E-state index in [0.717, 1.165) is 39.9 Å². The zero-order valence-corrected chi connectivity index (χ0v) is 20.3. The molecule has 0 amide bonds. The summed E-state index contributed by atoms with van der Waals surface area (Å²) in [5, 5.41) is 12.8. The van der Waals surface area contributed by atoms with E-state index in [4.69, 9.17) is 18.9 Å². The highest BCUT2D eigenvalue weighted by molar-refractivity contribution is 5.90. The molecule has 0 aliphatic heterocycles. The summed E-state index contributed by atoms with van der Waals surface area (Å²) < 4.78 is 17.3. The Hall–Kier alpha value is -4.46. The quantitative estimate of drug-likeness (QED) is 0.267. The number of nitrogens with one attached hydrogen (secondary N) is 1. The zero-order chi connectivity index (χ0) is 24.7. The number of para-hydroxylation sites is 1. The molecule has 0 unspecified atom stereocenters. The second kappa shape index (κ2) is 10.9. The third kappa shape index (κ3) is 5.12. The highest BCUT2D eigenvalue weighted by Gasteiger charge is 2.16. The number of hydrogen-bond donors (Lipinski definition) is 1. The van der Waals surface area contributed by atoms with Crippen molar-refractivity contribution in [2.24, 2.45) is 0 Å². The first kappa shape index (κ1) is 23.3. The maximum Gasteiger partial charge on any atom is 0.286 e. The van der Waals surface area contributed by atoms with Crippen LogP contribution in [0.3, 0.4) is 0 Å². The van der Waals surface area contributed by atoms with E-state index in [1.807, 2.05) is 80.6 Å². The van der Waals surface area contributed by atoms with Crippen molar-refractivity contribution in [1.29, 1.82) is 0 Å². The van der Waals surface area contributed by atoms with Crippen LogP contribution in [-0.2, 0) is 6.42 Å². The van der Waals surface area contributed by atoms with Gasteiger partial charge in [-0.15, -0.1) is 10.2 Å². The summed E-state index contributed by atoms with van der Waals surface area (Å²) in [6, 6.07) is 23.5. The first-order chi connectivity index (χ1) is 17.7. The SMILES string of the molecule is CCOc1ccc(CCNc2nc(-c3nnc(-c4ccccc4)o3)nc3ccccc23)cc1OCC. The predicted octanol–water partition coefficient (Wildman–Crippen LogP) is 5.80. The average molecular weight is 482 g/mol. The van der Waals surface area contributed by atoms with Crippen LogP contribution in [0, 0.1) is 0 Å². The Morgan fingerprint density at radius 1 is 0.778 bits per heavy atom. The van der Waals surface area contributed by atoms with Crippen molar-refractivity contribution >= 4 is 16.7 Å². The lowest BCUT2D eigenvalue weighted by atomic mass is 10.1. The third-order valence-corrected chi connectivity index (χ3v) is 5.55. The molecule has 5 rings (SSSR count). The lowest BCUT2D eigenvalue weighted by Crippen LogP contribution is -2.08. The highest BCUT2D eigenvalue weighted by Crippen LogP contribution is 2.29. The van der Waals surface area contributed by atoms with E-state index in [-0.39, 0.29) is 5.89 Å². The fraction of sp³-hybridized carbons (Fsp3) is 0.214. The zero-order valence-electron chi connectivity index (χ0n) is 20.3. The third-order valence-electron chi connectivity index (χ3n) is 5.55. The molecule has 3 aromatic carbocycles. The number of hydrogen-bond acceptors (Lipinski definition) is 8. The Kier molecular flexibility index (Phi) is 7.02. The second-order valence-electron chi connectivity index (χ2n) is 8.02. The van der Waals surface area contributed by atoms with Crippen molar-refractivity contribution in [3.63, 3.8) is 0 Å². The first-order valence-corrected chi connectivity index (χ1v) is 12.0. The molecule has 0 aliphatic rings. The monoisotopic (exact) mass is 481 g/mol. The van der Waals surface area contributed by atoms with Gasteiger partial charge in [-0.2, -0.15) is 0 Å². The first-order valence-electron chi connectivity index (χ1n) is 12.0. The van der Waals surface area contributed by atoms with Crippen LogP contribution in [0.5, 0.6) is 11.5 Å². The van der Waals surface area contributed by atoms with Crippen LogP contribution in [0.1, 0.15) is 19.4 Å². The largest absolute Gasteiger partial charge is 0.490 e. The number of nitrogens with zero attached hydrogens (tertiary/aromatic N) is 4. The molecule has 2 aromatic heterocycles. The summed E-state index contributed by atoms with van der Waals surface area (Å²) >= 11 is 0. The molecule has 182 valence electrons. The smallest absolute Gasteiger partial charge is 0.286 e. The van der Waals surface area contributed by atoms with Crippen molar-refractivity contribution in [2.45, 2.75) is 20.3 Å². The van der Waals surface area contributed by atoms with Gasteiger partial charge in [-0.1, -0.05) is 36.4 Å². The Bertz CT molecular complexity index is 1450. The summed E-state index contributed by atoms with van der Waals surface area (Å²) in [7, 11) is 0. The number of benzene rings is 3. The summed E-state index contributed by atoms with van der Waals surface area (Å²) in [6.45, 7) is 5.77. The lowest BCUT2D eigenvalue weighted by Gasteiger charge is -2.13. The summed E-state index contributed by atoms with van der Waals surface area (Å²) in [5.41, 5.74) is 2.78. The van der Waals surface area contributed by atoms with E-state index in [2.05, 4.69) is 26.6 Å². The molecule has 0 saturated heterocycles. The van der Waals surface area contributed by atoms with Gasteiger partial charge >= 0.3 is 0 Å². The summed E-state index contributed by atoms with van der Waals surface area (Å²) in [5.74, 6) is 3.32. The van der Waals surface area contributed by atoms with Crippen LogP contribution in [0.25, 0.3) is 34.1 Å². The molecule has 1 N–H and O–H groups in total. The van der Waals surface area contributed by atoms with Crippen LogP contribution in [-0.4, -0.2) is 39.9 Å². The molecular weight excluding hydrogens is 454 g/mol. The molecule has 5 aromatic rings. The predicted molar refractivity (Wildman–Crippen MR) is 139 cm³/mol. The Morgan fingerprint density at radius 3 is 2.36 bits per heavy atom. The van der Waals surface area contributed by atoms with Gasteiger partial charge in [-0.3, -0.25) is 0 Å². The molecule has 8 nitrogen and oxygen atoms in total. The van der Waals surface area contributed by atoms with Crippen molar-refractivity contribution < 1.29 is 13.9 Å². The van der Waals surface area contributed by atoms with Crippen molar-refractivity contribution in [1.82, 2.24) is 20.2 Å². The molecule has 0 saturated carbocycles. The number of anilines is 1. The van der Waals surface area contributed by atoms with E-state index in [1.165, 1.54) is 0 Å². The molecule has 0 bridgehead atoms. The lowest BCUT2D eigenvalue weighted by molar-refractivity contribution is 0.287. The average Bonchev–Trinajstić information content (AvgIpc) is 3.41. The number of rotatable bonds is 10. The minimum Gasteiger partial charge on any atom is -0.490 e. The fourth-order valence-corrected chi connectivity index (χ4v) is 3.89. The Labute approximate surface area is 209 Å². The van der Waals surface area contributed by atoms with E-state index < -0.39 is 0 Å². The van der Waals surface area contributed by atoms with Crippen LogP contribution in [0.4, 0.5) is 5.82 Å². The summed E-state index contributed by atoms with van der Waals surface area (Å²) in [4.78, 5) is 9.39. The van der Waals surface area contributed by atoms with Gasteiger partial charge < -0.3 is 19.2 Å². The normalized spacial score (nSPS) is 10.9. The molecule has 8 heteroatoms. The minimum absolute atomic E-state index is 0.274. The number of aromatic nitrogens is 4. The van der Waals surface area contributed by atoms with Crippen molar-refractivity contribution in [3.8, 4) is 34.7 Å². The molecule has 0 atom stereocenters. The van der Waals surface area contributed by atoms with Gasteiger partial charge in [0.25, 0.3) is 5.89 Å². The van der Waals surface area contributed by atoms with Gasteiger partial charge in [0.2, 0.25) is 11.7 Å². The number of fused-ring (bicyclic) bond motifs is 1. The van der Waals surface area contributed by atoms with Gasteiger partial charge in [0.05, 0.1) is 18.7 Å². The molecule has 0 fully saturated rings. The van der Waals surface area contributed by atoms with E-state index in [9.17, 15) is 0 Å². The van der Waals surface area contributed by atoms with E-state index in [0.29, 0.717) is 37.3 Å². The van der Waals surface area contributed by atoms with Crippen LogP contribution < -0.4 is 14.8 Å². The molecule has 36 heavy (non-hydrogen) atoms. The maximum atomic E-state index is 5.90. The molecule has 2 heterocycles. The minimum atomic E-state index is 0.274. The molecule has 0 radical (unpaired) electrons. The topological polar surface area (TPSA) is 95.2 Å². The Balaban J connectivity index is 1.37. The van der Waals surface area contributed by atoms with Gasteiger partial charge in [0.1, 0.15) is 5.82 Å². The van der Waals surface area contributed by atoms with Gasteiger partial charge in [0.15, 0.2) is 11.5 Å². The van der Waals surface area contributed by atoms with E-state index >= 15 is 0 Å². The maximum absolute atomic E-state index is 5.90. The van der Waals surface area contributed by atoms with Crippen LogP contribution >= 0.6 is 0 Å². The van der Waals surface area contributed by atoms with Crippen molar-refractivity contribution in [2.75, 3.05) is 25.1 Å². The molecule has 0 aliphatic carbocycles. The molecule has 0 spiro atoms. The fourth-order valence-electron chi connectivity index (χ4n) is 3.89. The van der Waals surface area contributed by atoms with Crippen molar-refractivity contribution in [3.05, 3.63) is 78.4 Å². The summed E-state index contributed by atoms with van der Waals surface area (Å²) in [6.07, 6.45) is 0.777. The van der Waals surface area contributed by atoms with Crippen LogP contribution in [0.2, 0.25) is 0 Å². The van der Waals surface area contributed by atoms with Gasteiger partial charge in [0, 0.05) is 17.5 Å². The van der Waals surface area contributed by atoms with Gasteiger partial charge in [-0.25, -0.2) is 9.97 Å². The highest BCUT2D eigenvalue weighted by atomic mass is 16.5. The van der Waals surface area contributed by atoms with Crippen LogP contribution in [0.15, 0.2) is 77.2 Å². The number of ether oxygens (including phenoxy) is 2.